The number of benzene rings is 2. The third kappa shape index (κ3) is 4.45. The zero-order chi connectivity index (χ0) is 24.5. The molecule has 1 aliphatic carbocycles. The van der Waals surface area contributed by atoms with Crippen LogP contribution in [0.25, 0.3) is 22.4 Å². The van der Waals surface area contributed by atoms with E-state index in [0.717, 1.165) is 41.0 Å². The molecule has 0 atom stereocenters. The highest BCUT2D eigenvalue weighted by molar-refractivity contribution is 7.11. The second kappa shape index (κ2) is 9.91. The maximum absolute atomic E-state index is 11.6. The number of carboxylic acids is 1. The minimum atomic E-state index is -0.932. The molecule has 5 nitrogen and oxygen atoms in total. The van der Waals surface area contributed by atoms with E-state index in [1.54, 1.807) is 34.8 Å². The highest BCUT2D eigenvalue weighted by Crippen LogP contribution is 2.38. The molecule has 0 bridgehead atoms. The number of imidazole rings is 1. The van der Waals surface area contributed by atoms with Gasteiger partial charge in [0.15, 0.2) is 6.10 Å². The van der Waals surface area contributed by atoms with Crippen LogP contribution >= 0.6 is 22.7 Å². The van der Waals surface area contributed by atoms with Gasteiger partial charge >= 0.3 is 5.97 Å². The Bertz CT molecular complexity index is 1430. The highest BCUT2D eigenvalue weighted by atomic mass is 32.1. The molecule has 7 heteroatoms. The molecular formula is C29H26N2O3S2. The Balaban J connectivity index is 1.36. The van der Waals surface area contributed by atoms with E-state index in [2.05, 4.69) is 51.7 Å². The lowest BCUT2D eigenvalue weighted by Gasteiger charge is -2.25. The average Bonchev–Trinajstić information content (AvgIpc) is 3.69. The molecule has 0 spiro atoms. The van der Waals surface area contributed by atoms with Crippen molar-refractivity contribution in [2.75, 3.05) is 0 Å². The number of ether oxygens (including phenoxy) is 1. The van der Waals surface area contributed by atoms with Gasteiger partial charge in [0.05, 0.1) is 26.4 Å². The lowest BCUT2D eigenvalue weighted by molar-refractivity contribution is 0.0697. The van der Waals surface area contributed by atoms with Crippen LogP contribution in [0, 0.1) is 0 Å². The van der Waals surface area contributed by atoms with Crippen LogP contribution in [0.3, 0.4) is 0 Å². The van der Waals surface area contributed by atoms with Gasteiger partial charge in [0.1, 0.15) is 11.6 Å². The van der Waals surface area contributed by atoms with Gasteiger partial charge in [-0.3, -0.25) is 0 Å². The molecule has 1 fully saturated rings. The number of aromatic nitrogens is 2. The van der Waals surface area contributed by atoms with Crippen LogP contribution in [0.1, 0.15) is 64.4 Å². The second-order valence-electron chi connectivity index (χ2n) is 9.16. The van der Waals surface area contributed by atoms with Gasteiger partial charge in [-0.1, -0.05) is 31.4 Å². The van der Waals surface area contributed by atoms with Gasteiger partial charge in [0.2, 0.25) is 0 Å². The van der Waals surface area contributed by atoms with E-state index in [0.29, 0.717) is 6.04 Å². The van der Waals surface area contributed by atoms with Crippen LogP contribution in [0.4, 0.5) is 0 Å². The number of carbonyl (C=O) groups is 1. The molecule has 182 valence electrons. The van der Waals surface area contributed by atoms with Crippen molar-refractivity contribution in [3.63, 3.8) is 0 Å². The van der Waals surface area contributed by atoms with Crippen molar-refractivity contribution >= 4 is 39.7 Å². The predicted octanol–water partition coefficient (Wildman–Crippen LogP) is 8.20. The first-order valence-corrected chi connectivity index (χ1v) is 14.0. The van der Waals surface area contributed by atoms with Crippen molar-refractivity contribution in [1.82, 2.24) is 9.55 Å². The van der Waals surface area contributed by atoms with Crippen molar-refractivity contribution < 1.29 is 14.6 Å². The molecule has 0 aliphatic heterocycles. The Labute approximate surface area is 217 Å². The second-order valence-corrected chi connectivity index (χ2v) is 11.1. The first kappa shape index (κ1) is 23.0. The molecule has 0 saturated heterocycles. The molecular weight excluding hydrogens is 488 g/mol. The first-order chi connectivity index (χ1) is 17.7. The third-order valence-corrected chi connectivity index (χ3v) is 8.68. The lowest BCUT2D eigenvalue weighted by Crippen LogP contribution is -2.14. The number of fused-ring (bicyclic) bond motifs is 1. The summed E-state index contributed by atoms with van der Waals surface area (Å²) in [6.07, 6.45) is 5.78. The molecule has 2 aromatic carbocycles. The standard InChI is InChI=1S/C29H26N2O3S2/c32-29(33)20-12-15-24-23(18-20)30-28(31(24)21-6-2-1-3-7-21)19-10-13-22(14-11-19)34-27(25-8-4-16-35-25)26-9-5-17-36-26/h4-5,8-18,21,27H,1-3,6-7H2,(H,32,33). The largest absolute Gasteiger partial charge is 0.479 e. The molecule has 1 aliphatic rings. The quantitative estimate of drug-likeness (QED) is 0.238. The van der Waals surface area contributed by atoms with Gasteiger partial charge in [-0.15, -0.1) is 22.7 Å². The summed E-state index contributed by atoms with van der Waals surface area (Å²) in [5, 5.41) is 13.6. The van der Waals surface area contributed by atoms with E-state index in [1.165, 1.54) is 29.0 Å². The smallest absolute Gasteiger partial charge is 0.335 e. The van der Waals surface area contributed by atoms with Gasteiger partial charge in [-0.25, -0.2) is 9.78 Å². The maximum Gasteiger partial charge on any atom is 0.335 e. The molecule has 0 amide bonds. The number of hydrogen-bond donors (Lipinski definition) is 1. The van der Waals surface area contributed by atoms with E-state index in [9.17, 15) is 9.90 Å². The summed E-state index contributed by atoms with van der Waals surface area (Å²) in [6.45, 7) is 0. The Morgan fingerprint density at radius 1 is 0.944 bits per heavy atom. The Morgan fingerprint density at radius 2 is 1.64 bits per heavy atom. The van der Waals surface area contributed by atoms with Crippen molar-refractivity contribution in [1.29, 1.82) is 0 Å². The van der Waals surface area contributed by atoms with E-state index in [4.69, 9.17) is 9.72 Å². The fourth-order valence-electron chi connectivity index (χ4n) is 5.10. The van der Waals surface area contributed by atoms with Gasteiger partial charge in [-0.05, 0) is 78.2 Å². The number of nitrogens with zero attached hydrogens (tertiary/aromatic N) is 2. The van der Waals surface area contributed by atoms with Crippen LogP contribution in [-0.2, 0) is 0 Å². The molecule has 6 rings (SSSR count). The van der Waals surface area contributed by atoms with Crippen molar-refractivity contribution in [3.05, 3.63) is 92.8 Å². The highest BCUT2D eigenvalue weighted by Gasteiger charge is 2.23. The van der Waals surface area contributed by atoms with Gasteiger partial charge in [0, 0.05) is 11.6 Å². The summed E-state index contributed by atoms with van der Waals surface area (Å²) in [4.78, 5) is 18.8. The van der Waals surface area contributed by atoms with Crippen molar-refractivity contribution in [3.8, 4) is 17.1 Å². The van der Waals surface area contributed by atoms with E-state index < -0.39 is 5.97 Å². The Kier molecular flexibility index (Phi) is 6.34. The number of thiophene rings is 2. The minimum absolute atomic E-state index is 0.128. The van der Waals surface area contributed by atoms with Crippen LogP contribution < -0.4 is 4.74 Å². The van der Waals surface area contributed by atoms with Crippen molar-refractivity contribution in [2.45, 2.75) is 44.2 Å². The van der Waals surface area contributed by atoms with Crippen LogP contribution in [-0.4, -0.2) is 20.6 Å². The van der Waals surface area contributed by atoms with Crippen LogP contribution in [0.2, 0.25) is 0 Å². The zero-order valence-corrected chi connectivity index (χ0v) is 21.3. The summed E-state index contributed by atoms with van der Waals surface area (Å²) in [5.74, 6) is 0.760. The monoisotopic (exact) mass is 514 g/mol. The molecule has 5 aromatic rings. The van der Waals surface area contributed by atoms with Crippen LogP contribution in [0.5, 0.6) is 5.75 Å². The number of aromatic carboxylic acids is 1. The molecule has 3 aromatic heterocycles. The Hall–Kier alpha value is -3.42. The molecule has 1 N–H and O–H groups in total. The van der Waals surface area contributed by atoms with E-state index in [1.807, 2.05) is 18.2 Å². The maximum atomic E-state index is 11.6. The number of rotatable bonds is 7. The first-order valence-electron chi connectivity index (χ1n) is 12.3. The minimum Gasteiger partial charge on any atom is -0.479 e. The average molecular weight is 515 g/mol. The van der Waals surface area contributed by atoms with Gasteiger partial charge in [-0.2, -0.15) is 0 Å². The molecule has 36 heavy (non-hydrogen) atoms. The van der Waals surface area contributed by atoms with Crippen molar-refractivity contribution in [2.24, 2.45) is 0 Å². The summed E-state index contributed by atoms with van der Waals surface area (Å²) in [5.41, 5.74) is 2.99. The molecule has 3 heterocycles. The van der Waals surface area contributed by atoms with Gasteiger partial charge < -0.3 is 14.4 Å². The topological polar surface area (TPSA) is 64.3 Å². The normalized spacial score (nSPS) is 14.5. The van der Waals surface area contributed by atoms with E-state index in [-0.39, 0.29) is 11.7 Å². The summed E-state index contributed by atoms with van der Waals surface area (Å²) in [6, 6.07) is 22.1. The molecule has 0 unspecified atom stereocenters. The Morgan fingerprint density at radius 3 is 2.25 bits per heavy atom. The summed E-state index contributed by atoms with van der Waals surface area (Å²) >= 11 is 3.40. The van der Waals surface area contributed by atoms with E-state index >= 15 is 0 Å². The summed E-state index contributed by atoms with van der Waals surface area (Å²) in [7, 11) is 0. The summed E-state index contributed by atoms with van der Waals surface area (Å²) < 4.78 is 8.80. The number of hydrogen-bond acceptors (Lipinski definition) is 5. The molecule has 1 saturated carbocycles. The van der Waals surface area contributed by atoms with Gasteiger partial charge in [0.25, 0.3) is 0 Å². The SMILES string of the molecule is O=C(O)c1ccc2c(c1)nc(-c1ccc(OC(c3cccs3)c3cccs3)cc1)n2C1CCCCC1. The molecule has 0 radical (unpaired) electrons. The fraction of sp³-hybridized carbons (Fsp3) is 0.241. The van der Waals surface area contributed by atoms with Crippen LogP contribution in [0.15, 0.2) is 77.5 Å². The predicted molar refractivity (Wildman–Crippen MR) is 145 cm³/mol. The third-order valence-electron chi connectivity index (χ3n) is 6.85. The zero-order valence-electron chi connectivity index (χ0n) is 19.7. The number of carboxylic acid groups (broad SMARTS) is 1. The fourth-order valence-corrected chi connectivity index (χ4v) is 6.71. The lowest BCUT2D eigenvalue weighted by atomic mass is 9.95.